The molecule has 0 bridgehead atoms. The maximum absolute atomic E-state index is 12.6. The molecule has 118 valence electrons. The average Bonchev–Trinajstić information content (AvgIpc) is 3.25. The summed E-state index contributed by atoms with van der Waals surface area (Å²) in [7, 11) is 0. The van der Waals surface area contributed by atoms with Gasteiger partial charge in [-0.2, -0.15) is 0 Å². The quantitative estimate of drug-likeness (QED) is 0.922. The molecule has 22 heavy (non-hydrogen) atoms. The van der Waals surface area contributed by atoms with Crippen molar-refractivity contribution < 1.29 is 9.53 Å². The van der Waals surface area contributed by atoms with E-state index < -0.39 is 0 Å². The second-order valence-electron chi connectivity index (χ2n) is 7.05. The van der Waals surface area contributed by atoms with Gasteiger partial charge in [0.15, 0.2) is 0 Å². The number of rotatable bonds is 3. The molecule has 1 aromatic carbocycles. The summed E-state index contributed by atoms with van der Waals surface area (Å²) in [6.07, 6.45) is 2.12. The highest BCUT2D eigenvalue weighted by molar-refractivity contribution is 5.86. The molecule has 1 spiro atoms. The van der Waals surface area contributed by atoms with Crippen molar-refractivity contribution in [3.8, 4) is 0 Å². The Balaban J connectivity index is 1.58. The molecule has 4 rings (SSSR count). The minimum Gasteiger partial charge on any atom is -0.381 e. The fraction of sp³-hybridized carbons (Fsp3) is 0.611. The number of nitrogens with zero attached hydrogens (tertiary/aromatic N) is 1. The number of hydrogen-bond acceptors (Lipinski definition) is 3. The minimum atomic E-state index is -0.221. The zero-order chi connectivity index (χ0) is 15.0. The monoisotopic (exact) mass is 300 g/mol. The third-order valence-corrected chi connectivity index (χ3v) is 5.66. The predicted molar refractivity (Wildman–Crippen MR) is 84.6 cm³/mol. The molecule has 3 saturated heterocycles. The van der Waals surface area contributed by atoms with Crippen LogP contribution in [0.4, 0.5) is 0 Å². The van der Waals surface area contributed by atoms with Crippen LogP contribution in [0, 0.1) is 11.3 Å². The standard InChI is InChI=1S/C18H24N2O2/c21-17-18(7-8-19-17)13-20(10-14-6-9-22-12-14)11-16(18)15-4-2-1-3-5-15/h1-5,14,16H,6-13H2,(H,19,21)/t14-,16-,18+/m0/s1. The lowest BCUT2D eigenvalue weighted by Crippen LogP contribution is -2.38. The number of carbonyl (C=O) groups is 1. The Labute approximate surface area is 131 Å². The van der Waals surface area contributed by atoms with E-state index in [0.29, 0.717) is 11.8 Å². The fourth-order valence-electron chi connectivity index (χ4n) is 4.52. The molecule has 1 N–H and O–H groups in total. The van der Waals surface area contributed by atoms with Gasteiger partial charge in [0.1, 0.15) is 0 Å². The Morgan fingerprint density at radius 3 is 2.86 bits per heavy atom. The fourth-order valence-corrected chi connectivity index (χ4v) is 4.52. The molecule has 3 atom stereocenters. The van der Waals surface area contributed by atoms with E-state index in [1.54, 1.807) is 0 Å². The van der Waals surface area contributed by atoms with Gasteiger partial charge in [-0.1, -0.05) is 30.3 Å². The lowest BCUT2D eigenvalue weighted by molar-refractivity contribution is -0.127. The van der Waals surface area contributed by atoms with Gasteiger partial charge in [-0.05, 0) is 24.3 Å². The third kappa shape index (κ3) is 2.34. The second kappa shape index (κ2) is 5.67. The summed E-state index contributed by atoms with van der Waals surface area (Å²) in [5, 5.41) is 3.08. The van der Waals surface area contributed by atoms with Crippen molar-refractivity contribution in [3.63, 3.8) is 0 Å². The molecule has 1 aromatic rings. The summed E-state index contributed by atoms with van der Waals surface area (Å²) < 4.78 is 5.51. The zero-order valence-corrected chi connectivity index (χ0v) is 13.0. The molecule has 3 aliphatic rings. The van der Waals surface area contributed by atoms with Gasteiger partial charge < -0.3 is 15.0 Å². The SMILES string of the molecule is O=C1NCC[C@]12CN(C[C@@H]1CCOC1)C[C@H]2c1ccccc1. The maximum Gasteiger partial charge on any atom is 0.228 e. The molecule has 0 aromatic heterocycles. The summed E-state index contributed by atoms with van der Waals surface area (Å²) in [4.78, 5) is 15.1. The number of amides is 1. The lowest BCUT2D eigenvalue weighted by atomic mass is 9.73. The van der Waals surface area contributed by atoms with E-state index in [9.17, 15) is 4.79 Å². The molecule has 3 heterocycles. The van der Waals surface area contributed by atoms with Crippen LogP contribution in [-0.4, -0.2) is 50.2 Å². The van der Waals surface area contributed by atoms with Crippen LogP contribution < -0.4 is 5.32 Å². The van der Waals surface area contributed by atoms with E-state index in [2.05, 4.69) is 34.5 Å². The molecule has 3 fully saturated rings. The number of nitrogens with one attached hydrogen (secondary N) is 1. The summed E-state index contributed by atoms with van der Waals surface area (Å²) >= 11 is 0. The van der Waals surface area contributed by atoms with Crippen molar-refractivity contribution in [3.05, 3.63) is 35.9 Å². The maximum atomic E-state index is 12.6. The number of hydrogen-bond donors (Lipinski definition) is 1. The first-order chi connectivity index (χ1) is 10.8. The van der Waals surface area contributed by atoms with Gasteiger partial charge in [0.05, 0.1) is 12.0 Å². The molecule has 1 amide bonds. The zero-order valence-electron chi connectivity index (χ0n) is 13.0. The Bertz CT molecular complexity index is 541. The first-order valence-electron chi connectivity index (χ1n) is 8.41. The summed E-state index contributed by atoms with van der Waals surface area (Å²) in [6, 6.07) is 10.6. The van der Waals surface area contributed by atoms with Crippen LogP contribution in [0.5, 0.6) is 0 Å². The van der Waals surface area contributed by atoms with Crippen LogP contribution in [0.15, 0.2) is 30.3 Å². The van der Waals surface area contributed by atoms with Crippen LogP contribution in [0.1, 0.15) is 24.3 Å². The average molecular weight is 300 g/mol. The molecule has 4 nitrogen and oxygen atoms in total. The molecule has 0 unspecified atom stereocenters. The number of carbonyl (C=O) groups excluding carboxylic acids is 1. The van der Waals surface area contributed by atoms with E-state index in [1.165, 1.54) is 5.56 Å². The van der Waals surface area contributed by atoms with E-state index >= 15 is 0 Å². The Hall–Kier alpha value is -1.39. The van der Waals surface area contributed by atoms with Crippen molar-refractivity contribution in [1.82, 2.24) is 10.2 Å². The molecular weight excluding hydrogens is 276 g/mol. The van der Waals surface area contributed by atoms with Crippen molar-refractivity contribution in [2.45, 2.75) is 18.8 Å². The summed E-state index contributed by atoms with van der Waals surface area (Å²) in [5.74, 6) is 1.21. The lowest BCUT2D eigenvalue weighted by Gasteiger charge is -2.27. The van der Waals surface area contributed by atoms with Crippen LogP contribution in [0.25, 0.3) is 0 Å². The van der Waals surface area contributed by atoms with Crippen LogP contribution in [0.3, 0.4) is 0 Å². The van der Waals surface area contributed by atoms with Gasteiger partial charge in [0, 0.05) is 38.7 Å². The molecule has 3 aliphatic heterocycles. The van der Waals surface area contributed by atoms with Crippen LogP contribution in [0.2, 0.25) is 0 Å². The van der Waals surface area contributed by atoms with Crippen molar-refractivity contribution in [1.29, 1.82) is 0 Å². The second-order valence-corrected chi connectivity index (χ2v) is 7.05. The topological polar surface area (TPSA) is 41.6 Å². The van der Waals surface area contributed by atoms with Crippen LogP contribution >= 0.6 is 0 Å². The van der Waals surface area contributed by atoms with E-state index in [1.807, 2.05) is 6.07 Å². The summed E-state index contributed by atoms with van der Waals surface area (Å²) in [5.41, 5.74) is 1.09. The van der Waals surface area contributed by atoms with Gasteiger partial charge in [-0.15, -0.1) is 0 Å². The normalized spacial score (nSPS) is 35.4. The van der Waals surface area contributed by atoms with Gasteiger partial charge in [0.2, 0.25) is 5.91 Å². The molecule has 4 heteroatoms. The molecule has 0 saturated carbocycles. The van der Waals surface area contributed by atoms with E-state index in [4.69, 9.17) is 4.74 Å². The molecular formula is C18H24N2O2. The number of likely N-dealkylation sites (tertiary alicyclic amines) is 1. The van der Waals surface area contributed by atoms with Gasteiger partial charge >= 0.3 is 0 Å². The van der Waals surface area contributed by atoms with Gasteiger partial charge in [-0.3, -0.25) is 4.79 Å². The highest BCUT2D eigenvalue weighted by atomic mass is 16.5. The Kier molecular flexibility index (Phi) is 3.66. The highest BCUT2D eigenvalue weighted by Gasteiger charge is 2.54. The predicted octanol–water partition coefficient (Wildman–Crippen LogP) is 1.63. The minimum absolute atomic E-state index is 0.221. The van der Waals surface area contributed by atoms with Crippen molar-refractivity contribution >= 4 is 5.91 Å². The Morgan fingerprint density at radius 2 is 2.18 bits per heavy atom. The molecule has 0 aliphatic carbocycles. The van der Waals surface area contributed by atoms with Gasteiger partial charge in [0.25, 0.3) is 0 Å². The third-order valence-electron chi connectivity index (χ3n) is 5.66. The van der Waals surface area contributed by atoms with E-state index in [-0.39, 0.29) is 11.3 Å². The van der Waals surface area contributed by atoms with Crippen molar-refractivity contribution in [2.75, 3.05) is 39.4 Å². The first kappa shape index (κ1) is 14.2. The highest BCUT2D eigenvalue weighted by Crippen LogP contribution is 2.47. The first-order valence-corrected chi connectivity index (χ1v) is 8.41. The van der Waals surface area contributed by atoms with E-state index in [0.717, 1.165) is 52.2 Å². The number of ether oxygens (including phenoxy) is 1. The van der Waals surface area contributed by atoms with Crippen molar-refractivity contribution in [2.24, 2.45) is 11.3 Å². The smallest absolute Gasteiger partial charge is 0.228 e. The number of benzene rings is 1. The largest absolute Gasteiger partial charge is 0.381 e. The van der Waals surface area contributed by atoms with Gasteiger partial charge in [-0.25, -0.2) is 0 Å². The summed E-state index contributed by atoms with van der Waals surface area (Å²) in [6.45, 7) is 5.56. The Morgan fingerprint density at radius 1 is 1.32 bits per heavy atom. The van der Waals surface area contributed by atoms with Crippen LogP contribution in [-0.2, 0) is 9.53 Å². The molecule has 0 radical (unpaired) electrons.